The lowest BCUT2D eigenvalue weighted by Crippen LogP contribution is -2.55. The van der Waals surface area contributed by atoms with Crippen molar-refractivity contribution in [1.82, 2.24) is 10.2 Å². The van der Waals surface area contributed by atoms with Crippen molar-refractivity contribution in [3.05, 3.63) is 59.7 Å². The van der Waals surface area contributed by atoms with Gasteiger partial charge in [-0.1, -0.05) is 37.3 Å². The smallest absolute Gasteiger partial charge is 0.324 e. The first-order valence-electron chi connectivity index (χ1n) is 10.1. The number of carboxylic acid groups (broad SMARTS) is 1. The number of methoxy groups -OCH3 is 1. The van der Waals surface area contributed by atoms with Crippen LogP contribution in [0, 0.1) is 11.8 Å². The van der Waals surface area contributed by atoms with Crippen LogP contribution >= 0.6 is 0 Å². The van der Waals surface area contributed by atoms with Crippen LogP contribution < -0.4 is 10.1 Å². The summed E-state index contributed by atoms with van der Waals surface area (Å²) < 4.78 is 5.24. The molecule has 2 aliphatic rings. The largest absolute Gasteiger partial charge is 0.508 e. The number of carboxylic acids is 1. The van der Waals surface area contributed by atoms with Gasteiger partial charge in [-0.3, -0.25) is 24.6 Å². The number of phenolic OH excluding ortho intramolecular Hbond substituents is 1. The van der Waals surface area contributed by atoms with E-state index in [1.54, 1.807) is 19.1 Å². The number of hydrogen-bond acceptors (Lipinski definition) is 6. The lowest BCUT2D eigenvalue weighted by Gasteiger charge is -2.30. The maximum atomic E-state index is 13.4. The fraction of sp³-hybridized carbons (Fsp3) is 0.348. The number of carbonyl (C=O) groups is 3. The van der Waals surface area contributed by atoms with Crippen molar-refractivity contribution in [3.63, 3.8) is 0 Å². The Morgan fingerprint density at radius 1 is 1.16 bits per heavy atom. The highest BCUT2D eigenvalue weighted by Gasteiger charge is 2.68. The molecule has 0 aliphatic carbocycles. The summed E-state index contributed by atoms with van der Waals surface area (Å²) in [6.07, 6.45) is 0.100. The van der Waals surface area contributed by atoms with Gasteiger partial charge in [0.2, 0.25) is 11.8 Å². The van der Waals surface area contributed by atoms with Crippen LogP contribution in [0.5, 0.6) is 11.5 Å². The number of ether oxygens (including phenoxy) is 1. The molecule has 2 saturated heterocycles. The first-order valence-corrected chi connectivity index (χ1v) is 10.1. The summed E-state index contributed by atoms with van der Waals surface area (Å²) >= 11 is 0. The molecule has 0 spiro atoms. The van der Waals surface area contributed by atoms with E-state index in [2.05, 4.69) is 5.32 Å². The summed E-state index contributed by atoms with van der Waals surface area (Å²) in [5, 5.41) is 23.6. The van der Waals surface area contributed by atoms with Gasteiger partial charge in [-0.2, -0.15) is 0 Å². The lowest BCUT2D eigenvalue weighted by molar-refractivity contribution is -0.151. The summed E-state index contributed by atoms with van der Waals surface area (Å²) in [6.45, 7) is 1.74. The first kappa shape index (κ1) is 20.9. The molecule has 31 heavy (non-hydrogen) atoms. The highest BCUT2D eigenvalue weighted by Crippen LogP contribution is 2.52. The van der Waals surface area contributed by atoms with E-state index in [1.165, 1.54) is 13.2 Å². The number of phenols is 1. The SMILES string of the molecule is CC[C@]1(C(=O)O)N[C@H](c2cc(OC)ccc2O)[C@H]2C(=O)N(Cc3ccccc3)C(=O)[C@H]21. The topological polar surface area (TPSA) is 116 Å². The summed E-state index contributed by atoms with van der Waals surface area (Å²) in [5.41, 5.74) is -0.521. The van der Waals surface area contributed by atoms with Gasteiger partial charge in [0.05, 0.1) is 25.5 Å². The van der Waals surface area contributed by atoms with Gasteiger partial charge in [-0.25, -0.2) is 0 Å². The van der Waals surface area contributed by atoms with Crippen molar-refractivity contribution in [2.75, 3.05) is 7.11 Å². The van der Waals surface area contributed by atoms with Crippen molar-refractivity contribution >= 4 is 17.8 Å². The van der Waals surface area contributed by atoms with Gasteiger partial charge in [0.15, 0.2) is 0 Å². The molecule has 8 heteroatoms. The van der Waals surface area contributed by atoms with Crippen LogP contribution in [0.3, 0.4) is 0 Å². The van der Waals surface area contributed by atoms with Crippen molar-refractivity contribution in [2.45, 2.75) is 31.5 Å². The summed E-state index contributed by atoms with van der Waals surface area (Å²) in [5.74, 6) is -3.84. The Balaban J connectivity index is 1.81. The third kappa shape index (κ3) is 3.14. The predicted octanol–water partition coefficient (Wildman–Crippen LogP) is 2.08. The number of aliphatic carboxylic acids is 1. The van der Waals surface area contributed by atoms with Crippen LogP contribution in [0.2, 0.25) is 0 Å². The molecule has 2 heterocycles. The van der Waals surface area contributed by atoms with Gasteiger partial charge in [0, 0.05) is 11.6 Å². The Morgan fingerprint density at radius 3 is 2.48 bits per heavy atom. The Morgan fingerprint density at radius 2 is 1.87 bits per heavy atom. The van der Waals surface area contributed by atoms with E-state index in [1.807, 2.05) is 30.3 Å². The highest BCUT2D eigenvalue weighted by atomic mass is 16.5. The number of nitrogens with zero attached hydrogens (tertiary/aromatic N) is 1. The van der Waals surface area contributed by atoms with Crippen molar-refractivity contribution in [2.24, 2.45) is 11.8 Å². The van der Waals surface area contributed by atoms with Crippen LogP contribution in [0.25, 0.3) is 0 Å². The second-order valence-electron chi connectivity index (χ2n) is 7.93. The highest BCUT2D eigenvalue weighted by molar-refractivity contribution is 6.09. The molecule has 0 unspecified atom stereocenters. The average Bonchev–Trinajstić information content (AvgIpc) is 3.25. The maximum absolute atomic E-state index is 13.4. The lowest BCUT2D eigenvalue weighted by atomic mass is 9.78. The molecule has 8 nitrogen and oxygen atoms in total. The normalized spacial score (nSPS) is 27.4. The number of carbonyl (C=O) groups excluding carboxylic acids is 2. The maximum Gasteiger partial charge on any atom is 0.324 e. The molecule has 3 N–H and O–H groups in total. The van der Waals surface area contributed by atoms with Crippen molar-refractivity contribution < 1.29 is 29.3 Å². The Hall–Kier alpha value is -3.39. The molecule has 2 amide bonds. The standard InChI is InChI=1S/C23H24N2O6/c1-3-23(22(29)30)18-17(19(24-23)15-11-14(31-2)9-10-16(15)26)20(27)25(21(18)28)12-13-7-5-4-6-8-13/h4-11,17-19,24,26H,3,12H2,1-2H3,(H,29,30)/t17-,18-,19+,23-/m0/s1. The molecular formula is C23H24N2O6. The first-order chi connectivity index (χ1) is 14.8. The van der Waals surface area contributed by atoms with Gasteiger partial charge >= 0.3 is 5.97 Å². The van der Waals surface area contributed by atoms with Crippen molar-refractivity contribution in [3.8, 4) is 11.5 Å². The third-order valence-corrected chi connectivity index (χ3v) is 6.44. The minimum atomic E-state index is -1.62. The Kier molecular flexibility index (Phi) is 5.18. The fourth-order valence-electron chi connectivity index (χ4n) is 4.83. The van der Waals surface area contributed by atoms with Gasteiger partial charge in [0.1, 0.15) is 17.0 Å². The van der Waals surface area contributed by atoms with Crippen LogP contribution in [0.4, 0.5) is 0 Å². The number of amides is 2. The molecule has 0 aromatic heterocycles. The summed E-state index contributed by atoms with van der Waals surface area (Å²) in [7, 11) is 1.47. The van der Waals surface area contributed by atoms with Gasteiger partial charge in [0.25, 0.3) is 0 Å². The number of likely N-dealkylation sites (tertiary alicyclic amines) is 1. The zero-order valence-corrected chi connectivity index (χ0v) is 17.2. The second-order valence-corrected chi connectivity index (χ2v) is 7.93. The number of rotatable bonds is 6. The summed E-state index contributed by atoms with van der Waals surface area (Å²) in [6, 6.07) is 12.8. The number of fused-ring (bicyclic) bond motifs is 1. The molecule has 4 atom stereocenters. The molecule has 2 fully saturated rings. The molecule has 0 bridgehead atoms. The zero-order chi connectivity index (χ0) is 22.3. The van der Waals surface area contributed by atoms with E-state index in [9.17, 15) is 24.6 Å². The number of hydrogen-bond donors (Lipinski definition) is 3. The van der Waals surface area contributed by atoms with E-state index in [4.69, 9.17) is 4.74 Å². The molecule has 0 radical (unpaired) electrons. The number of benzene rings is 2. The molecule has 4 rings (SSSR count). The zero-order valence-electron chi connectivity index (χ0n) is 17.2. The van der Waals surface area contributed by atoms with Gasteiger partial charge in [-0.05, 0) is 30.2 Å². The number of nitrogens with one attached hydrogen (secondary N) is 1. The Labute approximate surface area is 179 Å². The monoisotopic (exact) mass is 424 g/mol. The number of imide groups is 1. The van der Waals surface area contributed by atoms with E-state index in [-0.39, 0.29) is 18.7 Å². The van der Waals surface area contributed by atoms with Gasteiger partial charge in [-0.15, -0.1) is 0 Å². The molecular weight excluding hydrogens is 400 g/mol. The van der Waals surface area contributed by atoms with E-state index in [0.29, 0.717) is 11.3 Å². The van der Waals surface area contributed by atoms with Gasteiger partial charge < -0.3 is 14.9 Å². The Bertz CT molecular complexity index is 1040. The minimum absolute atomic E-state index is 0.0712. The molecule has 2 aromatic carbocycles. The molecule has 2 aliphatic heterocycles. The minimum Gasteiger partial charge on any atom is -0.508 e. The van der Waals surface area contributed by atoms with E-state index >= 15 is 0 Å². The second kappa shape index (κ2) is 7.70. The molecule has 162 valence electrons. The van der Waals surface area contributed by atoms with Crippen LogP contribution in [-0.2, 0) is 20.9 Å². The van der Waals surface area contributed by atoms with Crippen LogP contribution in [-0.4, -0.2) is 45.5 Å². The van der Waals surface area contributed by atoms with Crippen LogP contribution in [0.15, 0.2) is 48.5 Å². The van der Waals surface area contributed by atoms with Crippen molar-refractivity contribution in [1.29, 1.82) is 0 Å². The predicted molar refractivity (Wildman–Crippen MR) is 110 cm³/mol. The summed E-state index contributed by atoms with van der Waals surface area (Å²) in [4.78, 5) is 40.3. The molecule has 2 aromatic rings. The quantitative estimate of drug-likeness (QED) is 0.608. The van der Waals surface area contributed by atoms with E-state index in [0.717, 1.165) is 10.5 Å². The third-order valence-electron chi connectivity index (χ3n) is 6.44. The van der Waals surface area contributed by atoms with Crippen LogP contribution in [0.1, 0.15) is 30.5 Å². The average molecular weight is 424 g/mol. The number of aromatic hydroxyl groups is 1. The fourth-order valence-corrected chi connectivity index (χ4v) is 4.83. The van der Waals surface area contributed by atoms with E-state index < -0.39 is 41.2 Å². The molecule has 0 saturated carbocycles.